The van der Waals surface area contributed by atoms with E-state index in [2.05, 4.69) is 20.4 Å². The van der Waals surface area contributed by atoms with Gasteiger partial charge in [-0.2, -0.15) is 9.29 Å². The molecule has 1 amide bonds. The van der Waals surface area contributed by atoms with E-state index in [-0.39, 0.29) is 4.90 Å². The number of carbonyl (C=O) groups excluding carboxylic acids is 1. The van der Waals surface area contributed by atoms with Crippen LogP contribution in [0.15, 0.2) is 32.8 Å². The smallest absolute Gasteiger partial charge is 0.408 e. The fraction of sp³-hybridized carbons (Fsp3) is 0.619. The van der Waals surface area contributed by atoms with Crippen molar-refractivity contribution in [2.24, 2.45) is 0 Å². The van der Waals surface area contributed by atoms with Crippen molar-refractivity contribution in [3.63, 3.8) is 0 Å². The van der Waals surface area contributed by atoms with Crippen molar-refractivity contribution in [3.8, 4) is 0 Å². The zero-order chi connectivity index (χ0) is 24.3. The first-order valence-electron chi connectivity index (χ1n) is 10.8. The first-order valence-corrected chi connectivity index (χ1v) is 13.2. The number of carbonyl (C=O) groups is 1. The molecule has 0 radical (unpaired) electrons. The van der Waals surface area contributed by atoms with Crippen molar-refractivity contribution in [2.75, 3.05) is 13.1 Å². The molecule has 10 nitrogen and oxygen atoms in total. The van der Waals surface area contributed by atoms with Crippen LogP contribution in [-0.2, 0) is 26.1 Å². The Morgan fingerprint density at radius 3 is 2.48 bits per heavy atom. The van der Waals surface area contributed by atoms with E-state index < -0.39 is 27.3 Å². The van der Waals surface area contributed by atoms with E-state index in [0.717, 1.165) is 19.3 Å². The van der Waals surface area contributed by atoms with Crippen LogP contribution in [-0.4, -0.2) is 52.6 Å². The number of ether oxygens (including phenoxy) is 1. The molecule has 1 aliphatic rings. The van der Waals surface area contributed by atoms with Gasteiger partial charge in [0.25, 0.3) is 0 Å². The third-order valence-corrected chi connectivity index (χ3v) is 7.66. The van der Waals surface area contributed by atoms with Gasteiger partial charge in [0.05, 0.1) is 10.8 Å². The lowest BCUT2D eigenvalue weighted by atomic mass is 10.1. The topological polar surface area (TPSA) is 128 Å². The summed E-state index contributed by atoms with van der Waals surface area (Å²) in [6.07, 6.45) is 3.65. The van der Waals surface area contributed by atoms with Gasteiger partial charge in [-0.15, -0.1) is 0 Å². The molecular formula is C21H31N5O5S2. The molecule has 12 heteroatoms. The quantitative estimate of drug-likeness (QED) is 0.570. The summed E-state index contributed by atoms with van der Waals surface area (Å²) >= 11 is 1.35. The van der Waals surface area contributed by atoms with Crippen molar-refractivity contribution in [2.45, 2.75) is 80.7 Å². The fourth-order valence-electron chi connectivity index (χ4n) is 3.18. The van der Waals surface area contributed by atoms with Gasteiger partial charge >= 0.3 is 6.09 Å². The average Bonchev–Trinajstić information content (AvgIpc) is 3.21. The summed E-state index contributed by atoms with van der Waals surface area (Å²) in [5.74, 6) is 1.03. The number of hydrogen-bond donors (Lipinski definition) is 1. The molecule has 0 atom stereocenters. The van der Waals surface area contributed by atoms with Crippen molar-refractivity contribution in [1.82, 2.24) is 24.7 Å². The minimum atomic E-state index is -3.50. The molecule has 1 aliphatic heterocycles. The van der Waals surface area contributed by atoms with Gasteiger partial charge in [0, 0.05) is 19.3 Å². The maximum atomic E-state index is 12.7. The Kier molecular flexibility index (Phi) is 7.69. The van der Waals surface area contributed by atoms with Crippen molar-refractivity contribution in [3.05, 3.63) is 30.0 Å². The predicted octanol–water partition coefficient (Wildman–Crippen LogP) is 3.69. The maximum Gasteiger partial charge on any atom is 0.408 e. The number of piperidine rings is 1. The van der Waals surface area contributed by atoms with Crippen molar-refractivity contribution in [1.29, 1.82) is 0 Å². The molecule has 3 heterocycles. The van der Waals surface area contributed by atoms with Gasteiger partial charge < -0.3 is 14.6 Å². The molecule has 0 saturated carbocycles. The number of nitrogens with zero attached hydrogens (tertiary/aromatic N) is 4. The average molecular weight is 498 g/mol. The summed E-state index contributed by atoms with van der Waals surface area (Å²) in [5, 5.41) is 7.35. The van der Waals surface area contributed by atoms with E-state index >= 15 is 0 Å². The molecule has 33 heavy (non-hydrogen) atoms. The van der Waals surface area contributed by atoms with Crippen LogP contribution in [0, 0.1) is 0 Å². The van der Waals surface area contributed by atoms with Gasteiger partial charge in [-0.1, -0.05) is 23.3 Å². The number of hydrogen-bond acceptors (Lipinski definition) is 9. The number of aromatic nitrogens is 3. The Morgan fingerprint density at radius 2 is 1.88 bits per heavy atom. The lowest BCUT2D eigenvalue weighted by Gasteiger charge is -2.26. The second-order valence-electron chi connectivity index (χ2n) is 9.35. The van der Waals surface area contributed by atoms with Gasteiger partial charge in [-0.05, 0) is 59.6 Å². The number of amides is 1. The van der Waals surface area contributed by atoms with Gasteiger partial charge in [0.15, 0.2) is 5.82 Å². The molecule has 3 rings (SSSR count). The Labute approximate surface area is 198 Å². The number of alkyl carbamates (subject to hydrolysis) is 1. The molecule has 0 bridgehead atoms. The normalized spacial score (nSPS) is 15.9. The maximum absolute atomic E-state index is 12.7. The van der Waals surface area contributed by atoms with E-state index in [1.807, 2.05) is 0 Å². The number of rotatable bonds is 7. The predicted molar refractivity (Wildman–Crippen MR) is 123 cm³/mol. The summed E-state index contributed by atoms with van der Waals surface area (Å²) in [4.78, 5) is 20.9. The highest BCUT2D eigenvalue weighted by molar-refractivity contribution is 7.98. The lowest BCUT2D eigenvalue weighted by molar-refractivity contribution is 0.0465. The second kappa shape index (κ2) is 9.98. The molecule has 2 aromatic heterocycles. The van der Waals surface area contributed by atoms with Gasteiger partial charge in [-0.25, -0.2) is 18.2 Å². The standard InChI is InChI=1S/C21H31N5O5S2/c1-20(2,3)30-19(27)24-21(4,5)18-23-16(31-25-18)14-32-17-10-9-15(13-22-17)33(28,29)26-11-7-6-8-12-26/h9-10,13H,6-8,11-12,14H2,1-5H3,(H,24,27). The molecule has 0 unspecified atom stereocenters. The lowest BCUT2D eigenvalue weighted by Crippen LogP contribution is -2.44. The SMILES string of the molecule is CC(C)(C)OC(=O)NC(C)(C)c1noc(CSc2ccc(S(=O)(=O)N3CCCCC3)cn2)n1. The van der Waals surface area contributed by atoms with Crippen LogP contribution in [0.1, 0.15) is 65.6 Å². The Balaban J connectivity index is 1.58. The number of pyridine rings is 1. The van der Waals surface area contributed by atoms with Crippen LogP contribution in [0.2, 0.25) is 0 Å². The van der Waals surface area contributed by atoms with E-state index in [9.17, 15) is 13.2 Å². The number of sulfonamides is 1. The second-order valence-corrected chi connectivity index (χ2v) is 12.3. The molecular weight excluding hydrogens is 466 g/mol. The summed E-state index contributed by atoms with van der Waals surface area (Å²) < 4.78 is 37.6. The highest BCUT2D eigenvalue weighted by atomic mass is 32.2. The number of thioether (sulfide) groups is 1. The van der Waals surface area contributed by atoms with Gasteiger partial charge in [0.2, 0.25) is 15.9 Å². The van der Waals surface area contributed by atoms with Crippen molar-refractivity contribution >= 4 is 27.9 Å². The van der Waals surface area contributed by atoms with E-state index in [4.69, 9.17) is 9.26 Å². The monoisotopic (exact) mass is 497 g/mol. The molecule has 1 fully saturated rings. The number of nitrogens with one attached hydrogen (secondary N) is 1. The molecule has 2 aromatic rings. The van der Waals surface area contributed by atoms with Crippen molar-refractivity contribution < 1.29 is 22.5 Å². The van der Waals surface area contributed by atoms with Crippen LogP contribution < -0.4 is 5.32 Å². The zero-order valence-corrected chi connectivity index (χ0v) is 21.3. The van der Waals surface area contributed by atoms with Crippen LogP contribution in [0.4, 0.5) is 4.79 Å². The largest absolute Gasteiger partial charge is 0.444 e. The molecule has 1 N–H and O–H groups in total. The first kappa shape index (κ1) is 25.4. The Morgan fingerprint density at radius 1 is 1.18 bits per heavy atom. The summed E-state index contributed by atoms with van der Waals surface area (Å²) in [6, 6.07) is 3.25. The van der Waals surface area contributed by atoms with E-state index in [1.165, 1.54) is 22.3 Å². The molecule has 0 aliphatic carbocycles. The molecule has 0 spiro atoms. The highest BCUT2D eigenvalue weighted by Crippen LogP contribution is 2.25. The van der Waals surface area contributed by atoms with E-state index in [1.54, 1.807) is 46.8 Å². The van der Waals surface area contributed by atoms with Crippen LogP contribution >= 0.6 is 11.8 Å². The first-order chi connectivity index (χ1) is 15.4. The summed E-state index contributed by atoms with van der Waals surface area (Å²) in [5.41, 5.74) is -1.51. The van der Waals surface area contributed by atoms with Crippen LogP contribution in [0.25, 0.3) is 0 Å². The van der Waals surface area contributed by atoms with Gasteiger partial charge in [0.1, 0.15) is 16.0 Å². The highest BCUT2D eigenvalue weighted by Gasteiger charge is 2.31. The summed E-state index contributed by atoms with van der Waals surface area (Å²) in [7, 11) is -3.50. The Hall–Kier alpha value is -2.18. The molecule has 182 valence electrons. The van der Waals surface area contributed by atoms with Crippen LogP contribution in [0.3, 0.4) is 0 Å². The third kappa shape index (κ3) is 6.90. The molecule has 1 saturated heterocycles. The fourth-order valence-corrected chi connectivity index (χ4v) is 5.32. The minimum absolute atomic E-state index is 0.198. The van der Waals surface area contributed by atoms with Gasteiger partial charge in [-0.3, -0.25) is 0 Å². The Bertz CT molecular complexity index is 1060. The third-order valence-electron chi connectivity index (χ3n) is 4.85. The van der Waals surface area contributed by atoms with E-state index in [0.29, 0.717) is 35.6 Å². The zero-order valence-electron chi connectivity index (χ0n) is 19.6. The minimum Gasteiger partial charge on any atom is -0.444 e. The van der Waals surface area contributed by atoms with Crippen LogP contribution in [0.5, 0.6) is 0 Å². The summed E-state index contributed by atoms with van der Waals surface area (Å²) in [6.45, 7) is 9.96. The molecule has 0 aromatic carbocycles.